The maximum absolute atomic E-state index is 13.5. The number of benzene rings is 1. The van der Waals surface area contributed by atoms with Gasteiger partial charge in [-0.2, -0.15) is 0 Å². The summed E-state index contributed by atoms with van der Waals surface area (Å²) in [6.07, 6.45) is 8.71. The largest absolute Gasteiger partial charge is 0.310 e. The zero-order valence-electron chi connectivity index (χ0n) is 10.7. The fourth-order valence-corrected chi connectivity index (χ4v) is 2.60. The fourth-order valence-electron chi connectivity index (χ4n) is 2.60. The molecule has 0 spiro atoms. The highest BCUT2D eigenvalue weighted by Crippen LogP contribution is 2.18. The van der Waals surface area contributed by atoms with Crippen molar-refractivity contribution in [3.63, 3.8) is 0 Å². The van der Waals surface area contributed by atoms with Gasteiger partial charge in [0.05, 0.1) is 0 Å². The van der Waals surface area contributed by atoms with Gasteiger partial charge in [0.15, 0.2) is 11.6 Å². The van der Waals surface area contributed by atoms with Crippen molar-refractivity contribution in [1.29, 1.82) is 0 Å². The molecule has 0 bridgehead atoms. The van der Waals surface area contributed by atoms with E-state index in [0.29, 0.717) is 18.2 Å². The first-order chi connectivity index (χ1) is 8.77. The van der Waals surface area contributed by atoms with Crippen molar-refractivity contribution in [2.24, 2.45) is 0 Å². The molecular weight excluding hydrogens is 232 g/mol. The second kappa shape index (κ2) is 6.83. The molecule has 100 valence electrons. The van der Waals surface area contributed by atoms with Crippen molar-refractivity contribution < 1.29 is 8.78 Å². The van der Waals surface area contributed by atoms with Gasteiger partial charge in [0.25, 0.3) is 0 Å². The predicted molar refractivity (Wildman–Crippen MR) is 69.3 cm³/mol. The average Bonchev–Trinajstić information content (AvgIpc) is 2.32. The Bertz CT molecular complexity index is 371. The molecule has 1 aliphatic carbocycles. The van der Waals surface area contributed by atoms with Gasteiger partial charge in [0, 0.05) is 18.2 Å². The topological polar surface area (TPSA) is 12.0 Å². The summed E-state index contributed by atoms with van der Waals surface area (Å²) in [6.45, 7) is 0.425. The Morgan fingerprint density at radius 3 is 2.39 bits per heavy atom. The van der Waals surface area contributed by atoms with E-state index in [2.05, 4.69) is 5.32 Å². The Morgan fingerprint density at radius 1 is 1.00 bits per heavy atom. The van der Waals surface area contributed by atoms with E-state index in [-0.39, 0.29) is 0 Å². The second-order valence-corrected chi connectivity index (χ2v) is 5.14. The molecule has 1 nitrogen and oxygen atoms in total. The lowest BCUT2D eigenvalue weighted by molar-refractivity contribution is 0.384. The van der Waals surface area contributed by atoms with Crippen LogP contribution in [0.25, 0.3) is 0 Å². The standard InChI is InChI=1S/C15H21F2N/c16-14-10-6-7-12(15(14)17)11-18-13-8-4-2-1-3-5-9-13/h6-7,10,13,18H,1-5,8-9,11H2. The van der Waals surface area contributed by atoms with Crippen LogP contribution < -0.4 is 5.32 Å². The van der Waals surface area contributed by atoms with E-state index in [1.165, 1.54) is 32.1 Å². The Labute approximate surface area is 108 Å². The summed E-state index contributed by atoms with van der Waals surface area (Å²) in [4.78, 5) is 0. The van der Waals surface area contributed by atoms with Gasteiger partial charge >= 0.3 is 0 Å². The molecule has 0 aliphatic heterocycles. The first kappa shape index (κ1) is 13.5. The van der Waals surface area contributed by atoms with Gasteiger partial charge in [-0.3, -0.25) is 0 Å². The molecule has 0 aromatic heterocycles. The molecule has 0 amide bonds. The molecule has 2 rings (SSSR count). The lowest BCUT2D eigenvalue weighted by atomic mass is 9.96. The minimum Gasteiger partial charge on any atom is -0.310 e. The first-order valence-electron chi connectivity index (χ1n) is 6.93. The zero-order valence-corrected chi connectivity index (χ0v) is 10.7. The van der Waals surface area contributed by atoms with Crippen molar-refractivity contribution in [3.05, 3.63) is 35.4 Å². The monoisotopic (exact) mass is 253 g/mol. The lowest BCUT2D eigenvalue weighted by Crippen LogP contribution is -2.29. The van der Waals surface area contributed by atoms with E-state index in [0.717, 1.165) is 18.9 Å². The second-order valence-electron chi connectivity index (χ2n) is 5.14. The van der Waals surface area contributed by atoms with Crippen LogP contribution in [0.4, 0.5) is 8.78 Å². The average molecular weight is 253 g/mol. The van der Waals surface area contributed by atoms with Crippen molar-refractivity contribution in [1.82, 2.24) is 5.32 Å². The van der Waals surface area contributed by atoms with Crippen molar-refractivity contribution in [3.8, 4) is 0 Å². The number of hydrogen-bond acceptors (Lipinski definition) is 1. The van der Waals surface area contributed by atoms with Crippen molar-refractivity contribution in [2.75, 3.05) is 0 Å². The maximum atomic E-state index is 13.5. The van der Waals surface area contributed by atoms with E-state index >= 15 is 0 Å². The highest BCUT2D eigenvalue weighted by Gasteiger charge is 2.12. The van der Waals surface area contributed by atoms with Gasteiger partial charge in [-0.15, -0.1) is 0 Å². The van der Waals surface area contributed by atoms with Crippen LogP contribution in [0.15, 0.2) is 18.2 Å². The molecule has 1 aromatic rings. The van der Waals surface area contributed by atoms with E-state index in [4.69, 9.17) is 0 Å². The summed E-state index contributed by atoms with van der Waals surface area (Å²) < 4.78 is 26.5. The van der Waals surface area contributed by atoms with Crippen LogP contribution >= 0.6 is 0 Å². The Kier molecular flexibility index (Phi) is 5.12. The van der Waals surface area contributed by atoms with E-state index < -0.39 is 11.6 Å². The van der Waals surface area contributed by atoms with Crippen molar-refractivity contribution in [2.45, 2.75) is 57.5 Å². The normalized spacial score (nSPS) is 18.3. The Morgan fingerprint density at radius 2 is 1.67 bits per heavy atom. The number of nitrogens with one attached hydrogen (secondary N) is 1. The molecular formula is C15H21F2N. The quantitative estimate of drug-likeness (QED) is 0.852. The van der Waals surface area contributed by atoms with Crippen LogP contribution in [0, 0.1) is 11.6 Å². The molecule has 18 heavy (non-hydrogen) atoms. The zero-order chi connectivity index (χ0) is 12.8. The summed E-state index contributed by atoms with van der Waals surface area (Å²) in [7, 11) is 0. The third-order valence-corrected chi connectivity index (χ3v) is 3.72. The van der Waals surface area contributed by atoms with Gasteiger partial charge in [-0.05, 0) is 18.9 Å². The Balaban J connectivity index is 1.87. The van der Waals surface area contributed by atoms with Crippen LogP contribution in [-0.2, 0) is 6.54 Å². The summed E-state index contributed by atoms with van der Waals surface area (Å²) in [5.74, 6) is -1.47. The van der Waals surface area contributed by atoms with Crippen LogP contribution in [0.3, 0.4) is 0 Å². The van der Waals surface area contributed by atoms with Gasteiger partial charge in [-0.25, -0.2) is 8.78 Å². The van der Waals surface area contributed by atoms with Crippen LogP contribution in [-0.4, -0.2) is 6.04 Å². The number of rotatable bonds is 3. The molecule has 1 N–H and O–H groups in total. The molecule has 0 radical (unpaired) electrons. The minimum atomic E-state index is -0.757. The van der Waals surface area contributed by atoms with E-state index in [9.17, 15) is 8.78 Å². The molecule has 1 aliphatic rings. The predicted octanol–water partition coefficient (Wildman–Crippen LogP) is 4.17. The van der Waals surface area contributed by atoms with Gasteiger partial charge < -0.3 is 5.32 Å². The first-order valence-corrected chi connectivity index (χ1v) is 6.93. The third kappa shape index (κ3) is 3.77. The van der Waals surface area contributed by atoms with Gasteiger partial charge in [0.2, 0.25) is 0 Å². The molecule has 0 unspecified atom stereocenters. The molecule has 1 saturated carbocycles. The van der Waals surface area contributed by atoms with Gasteiger partial charge in [-0.1, -0.05) is 44.2 Å². The van der Waals surface area contributed by atoms with Crippen LogP contribution in [0.5, 0.6) is 0 Å². The minimum absolute atomic E-state index is 0.425. The third-order valence-electron chi connectivity index (χ3n) is 3.72. The fraction of sp³-hybridized carbons (Fsp3) is 0.600. The van der Waals surface area contributed by atoms with Crippen molar-refractivity contribution >= 4 is 0 Å². The molecule has 1 fully saturated rings. The Hall–Kier alpha value is -0.960. The van der Waals surface area contributed by atoms with E-state index in [1.54, 1.807) is 12.1 Å². The molecule has 1 aromatic carbocycles. The smallest absolute Gasteiger partial charge is 0.163 e. The van der Waals surface area contributed by atoms with Gasteiger partial charge in [0.1, 0.15) is 0 Å². The van der Waals surface area contributed by atoms with Crippen LogP contribution in [0.2, 0.25) is 0 Å². The van der Waals surface area contributed by atoms with Crippen LogP contribution in [0.1, 0.15) is 50.5 Å². The lowest BCUT2D eigenvalue weighted by Gasteiger charge is -2.21. The number of hydrogen-bond donors (Lipinski definition) is 1. The highest BCUT2D eigenvalue weighted by atomic mass is 19.2. The molecule has 0 atom stereocenters. The summed E-state index contributed by atoms with van der Waals surface area (Å²) >= 11 is 0. The molecule has 0 saturated heterocycles. The highest BCUT2D eigenvalue weighted by molar-refractivity contribution is 5.18. The van der Waals surface area contributed by atoms with E-state index in [1.807, 2.05) is 0 Å². The SMILES string of the molecule is Fc1cccc(CNC2CCCCCCC2)c1F. The molecule has 3 heteroatoms. The number of halogens is 2. The summed E-state index contributed by atoms with van der Waals surface area (Å²) in [5.41, 5.74) is 0.428. The maximum Gasteiger partial charge on any atom is 0.163 e. The molecule has 0 heterocycles. The summed E-state index contributed by atoms with van der Waals surface area (Å²) in [5, 5.41) is 3.37. The summed E-state index contributed by atoms with van der Waals surface area (Å²) in [6, 6.07) is 4.82.